The molecular formula is C13H14N2O6. The van der Waals surface area contributed by atoms with Gasteiger partial charge in [0.15, 0.2) is 0 Å². The number of ether oxygens (including phenoxy) is 1. The zero-order valence-electron chi connectivity index (χ0n) is 11.2. The van der Waals surface area contributed by atoms with E-state index in [-0.39, 0.29) is 22.9 Å². The van der Waals surface area contributed by atoms with Crippen molar-refractivity contribution in [2.75, 3.05) is 7.11 Å². The Hall–Kier alpha value is -2.64. The molecule has 1 saturated carbocycles. The van der Waals surface area contributed by atoms with E-state index in [1.807, 2.05) is 0 Å². The van der Waals surface area contributed by atoms with E-state index in [0.29, 0.717) is 0 Å². The van der Waals surface area contributed by atoms with E-state index in [1.165, 1.54) is 25.3 Å². The van der Waals surface area contributed by atoms with E-state index >= 15 is 0 Å². The third-order valence-corrected chi connectivity index (χ3v) is 3.29. The van der Waals surface area contributed by atoms with Crippen LogP contribution >= 0.6 is 0 Å². The highest BCUT2D eigenvalue weighted by molar-refractivity contribution is 6.00. The summed E-state index contributed by atoms with van der Waals surface area (Å²) in [7, 11) is 1.22. The number of amides is 1. The Balaban J connectivity index is 2.28. The van der Waals surface area contributed by atoms with Crippen LogP contribution in [-0.4, -0.2) is 35.1 Å². The van der Waals surface area contributed by atoms with Gasteiger partial charge in [-0.3, -0.25) is 14.9 Å². The molecule has 0 aliphatic heterocycles. The van der Waals surface area contributed by atoms with E-state index in [4.69, 9.17) is 9.84 Å². The largest absolute Gasteiger partial charge is 0.490 e. The van der Waals surface area contributed by atoms with Gasteiger partial charge in [-0.05, 0) is 24.8 Å². The Morgan fingerprint density at radius 2 is 2.14 bits per heavy atom. The number of nitrogens with zero attached hydrogens (tertiary/aromatic N) is 1. The zero-order chi connectivity index (χ0) is 15.6. The van der Waals surface area contributed by atoms with E-state index in [9.17, 15) is 19.7 Å². The van der Waals surface area contributed by atoms with Crippen LogP contribution < -0.4 is 10.1 Å². The van der Waals surface area contributed by atoms with Crippen LogP contribution in [0.2, 0.25) is 0 Å². The van der Waals surface area contributed by atoms with Gasteiger partial charge < -0.3 is 15.2 Å². The third kappa shape index (κ3) is 3.10. The first kappa shape index (κ1) is 14.8. The van der Waals surface area contributed by atoms with Crippen LogP contribution in [0.25, 0.3) is 0 Å². The maximum atomic E-state index is 12.2. The second kappa shape index (κ2) is 5.78. The quantitative estimate of drug-likeness (QED) is 0.601. The molecule has 0 radical (unpaired) electrons. The number of carbonyl (C=O) groups excluding carboxylic acids is 1. The third-order valence-electron chi connectivity index (χ3n) is 3.29. The minimum atomic E-state index is -1.12. The Bertz CT molecular complexity index is 596. The fourth-order valence-electron chi connectivity index (χ4n) is 2.09. The number of benzene rings is 1. The molecule has 8 heteroatoms. The minimum Gasteiger partial charge on any atom is -0.490 e. The summed E-state index contributed by atoms with van der Waals surface area (Å²) in [4.78, 5) is 33.5. The second-order valence-electron chi connectivity index (χ2n) is 4.74. The molecule has 0 heterocycles. The lowest BCUT2D eigenvalue weighted by molar-refractivity contribution is -0.385. The van der Waals surface area contributed by atoms with Gasteiger partial charge in [-0.15, -0.1) is 0 Å². The van der Waals surface area contributed by atoms with E-state index in [2.05, 4.69) is 5.32 Å². The van der Waals surface area contributed by atoms with Crippen molar-refractivity contribution in [2.45, 2.75) is 18.9 Å². The number of nitrogens with one attached hydrogen (secondary N) is 1. The topological polar surface area (TPSA) is 119 Å². The van der Waals surface area contributed by atoms with Gasteiger partial charge >= 0.3 is 11.7 Å². The molecule has 1 aromatic rings. The van der Waals surface area contributed by atoms with Gasteiger partial charge in [-0.25, -0.2) is 4.79 Å². The standard InChI is InChI=1S/C13H14N2O6/c1-21-11-8(3-2-4-9(11)15(19)20)12(16)14-10(13(17)18)7-5-6-7/h2-4,7,10H,5-6H2,1H3,(H,14,16)(H,17,18). The van der Waals surface area contributed by atoms with E-state index < -0.39 is 22.8 Å². The predicted molar refractivity (Wildman–Crippen MR) is 71.3 cm³/mol. The summed E-state index contributed by atoms with van der Waals surface area (Å²) in [6, 6.07) is 2.93. The molecule has 2 N–H and O–H groups in total. The van der Waals surface area contributed by atoms with Crippen LogP contribution in [0, 0.1) is 16.0 Å². The summed E-state index contributed by atoms with van der Waals surface area (Å²) in [6.45, 7) is 0. The highest BCUT2D eigenvalue weighted by Crippen LogP contribution is 2.34. The first-order valence-electron chi connectivity index (χ1n) is 6.30. The number of nitro benzene ring substituents is 1. The van der Waals surface area contributed by atoms with Crippen LogP contribution in [0.15, 0.2) is 18.2 Å². The first-order valence-corrected chi connectivity index (χ1v) is 6.30. The number of carbonyl (C=O) groups is 2. The van der Waals surface area contributed by atoms with Gasteiger partial charge in [-0.2, -0.15) is 0 Å². The van der Waals surface area contributed by atoms with Crippen molar-refractivity contribution in [3.63, 3.8) is 0 Å². The molecule has 1 aromatic carbocycles. The molecule has 112 valence electrons. The Morgan fingerprint density at radius 1 is 1.48 bits per heavy atom. The number of hydrogen-bond acceptors (Lipinski definition) is 5. The molecule has 2 rings (SSSR count). The molecule has 1 aliphatic carbocycles. The maximum Gasteiger partial charge on any atom is 0.326 e. The van der Waals surface area contributed by atoms with Crippen molar-refractivity contribution in [1.29, 1.82) is 0 Å². The fourth-order valence-corrected chi connectivity index (χ4v) is 2.09. The van der Waals surface area contributed by atoms with Crippen molar-refractivity contribution < 1.29 is 24.4 Å². The maximum absolute atomic E-state index is 12.2. The number of rotatable bonds is 6. The second-order valence-corrected chi connectivity index (χ2v) is 4.74. The summed E-state index contributed by atoms with van der Waals surface area (Å²) in [6.07, 6.45) is 1.48. The Morgan fingerprint density at radius 3 is 2.62 bits per heavy atom. The molecule has 1 amide bonds. The van der Waals surface area contributed by atoms with Gasteiger partial charge in [0.25, 0.3) is 5.91 Å². The molecule has 0 saturated heterocycles. The number of carboxylic acids is 1. The summed E-state index contributed by atoms with van der Waals surface area (Å²) in [5.74, 6) is -2.08. The average Bonchev–Trinajstić information content (AvgIpc) is 3.27. The van der Waals surface area contributed by atoms with Crippen molar-refractivity contribution in [3.8, 4) is 5.75 Å². The number of para-hydroxylation sites is 1. The smallest absolute Gasteiger partial charge is 0.326 e. The molecule has 0 bridgehead atoms. The molecule has 1 aliphatic rings. The SMILES string of the molecule is COc1c(C(=O)NC(C(=O)O)C2CC2)cccc1[N+](=O)[O-]. The summed E-state index contributed by atoms with van der Waals surface area (Å²) in [5.41, 5.74) is -0.401. The van der Waals surface area contributed by atoms with Crippen molar-refractivity contribution in [3.05, 3.63) is 33.9 Å². The van der Waals surface area contributed by atoms with Crippen LogP contribution in [-0.2, 0) is 4.79 Å². The van der Waals surface area contributed by atoms with Gasteiger partial charge in [0.05, 0.1) is 17.6 Å². The number of aliphatic carboxylic acids is 1. The van der Waals surface area contributed by atoms with Crippen LogP contribution in [0.5, 0.6) is 5.75 Å². The van der Waals surface area contributed by atoms with Crippen molar-refractivity contribution >= 4 is 17.6 Å². The van der Waals surface area contributed by atoms with Crippen LogP contribution in [0.1, 0.15) is 23.2 Å². The molecule has 0 spiro atoms. The normalized spacial score (nSPS) is 15.1. The Labute approximate surface area is 119 Å². The fraction of sp³-hybridized carbons (Fsp3) is 0.385. The highest BCUT2D eigenvalue weighted by Gasteiger charge is 2.38. The number of carboxylic acid groups (broad SMARTS) is 1. The molecule has 0 aromatic heterocycles. The van der Waals surface area contributed by atoms with Crippen molar-refractivity contribution in [2.24, 2.45) is 5.92 Å². The summed E-state index contributed by atoms with van der Waals surface area (Å²) in [5, 5.41) is 22.4. The minimum absolute atomic E-state index is 0.0569. The summed E-state index contributed by atoms with van der Waals surface area (Å²) < 4.78 is 4.93. The molecule has 8 nitrogen and oxygen atoms in total. The lowest BCUT2D eigenvalue weighted by atomic mass is 10.1. The summed E-state index contributed by atoms with van der Waals surface area (Å²) >= 11 is 0. The first-order chi connectivity index (χ1) is 9.95. The molecule has 1 unspecified atom stereocenters. The van der Waals surface area contributed by atoms with E-state index in [0.717, 1.165) is 12.8 Å². The highest BCUT2D eigenvalue weighted by atomic mass is 16.6. The monoisotopic (exact) mass is 294 g/mol. The van der Waals surface area contributed by atoms with E-state index in [1.54, 1.807) is 0 Å². The lowest BCUT2D eigenvalue weighted by Gasteiger charge is -2.15. The van der Waals surface area contributed by atoms with Crippen LogP contribution in [0.4, 0.5) is 5.69 Å². The molecule has 1 atom stereocenters. The average molecular weight is 294 g/mol. The van der Waals surface area contributed by atoms with Gasteiger partial charge in [0, 0.05) is 6.07 Å². The number of nitro groups is 1. The Kier molecular flexibility index (Phi) is 4.06. The number of hydrogen-bond donors (Lipinski definition) is 2. The van der Waals surface area contributed by atoms with Gasteiger partial charge in [0.1, 0.15) is 6.04 Å². The zero-order valence-corrected chi connectivity index (χ0v) is 11.2. The predicted octanol–water partition coefficient (Wildman–Crippen LogP) is 1.20. The lowest BCUT2D eigenvalue weighted by Crippen LogP contribution is -2.42. The van der Waals surface area contributed by atoms with Crippen molar-refractivity contribution in [1.82, 2.24) is 5.32 Å². The molecule has 21 heavy (non-hydrogen) atoms. The van der Waals surface area contributed by atoms with Crippen LogP contribution in [0.3, 0.4) is 0 Å². The van der Waals surface area contributed by atoms with Gasteiger partial charge in [0.2, 0.25) is 5.75 Å². The molecule has 1 fully saturated rings. The molecular weight excluding hydrogens is 280 g/mol. The van der Waals surface area contributed by atoms with Gasteiger partial charge in [-0.1, -0.05) is 6.07 Å². The number of methoxy groups -OCH3 is 1.